The zero-order valence-electron chi connectivity index (χ0n) is 12.0. The van der Waals surface area contributed by atoms with Gasteiger partial charge in [0.1, 0.15) is 0 Å². The molecule has 3 heteroatoms. The summed E-state index contributed by atoms with van der Waals surface area (Å²) in [5.41, 5.74) is 3.83. The number of aromatic nitrogens is 1. The van der Waals surface area contributed by atoms with E-state index in [1.165, 1.54) is 46.6 Å². The minimum absolute atomic E-state index is 1.08. The highest BCUT2D eigenvalue weighted by Gasteiger charge is 2.12. The molecule has 0 saturated carbocycles. The van der Waals surface area contributed by atoms with E-state index in [9.17, 15) is 0 Å². The molecule has 21 heavy (non-hydrogen) atoms. The molecule has 0 aliphatic carbocycles. The van der Waals surface area contributed by atoms with Gasteiger partial charge in [-0.25, -0.2) is 0 Å². The monoisotopic (exact) mass is 294 g/mol. The predicted octanol–water partition coefficient (Wildman–Crippen LogP) is 4.56. The van der Waals surface area contributed by atoms with Gasteiger partial charge in [-0.2, -0.15) is 0 Å². The van der Waals surface area contributed by atoms with Crippen LogP contribution in [0.25, 0.3) is 20.7 Å². The molecule has 0 spiro atoms. The van der Waals surface area contributed by atoms with Gasteiger partial charge in [0.2, 0.25) is 0 Å². The van der Waals surface area contributed by atoms with Crippen LogP contribution in [0, 0.1) is 0 Å². The number of nitrogens with zero attached hydrogens (tertiary/aromatic N) is 2. The second kappa shape index (κ2) is 5.58. The third kappa shape index (κ3) is 2.71. The summed E-state index contributed by atoms with van der Waals surface area (Å²) in [6.07, 6.45) is 4.56. The van der Waals surface area contributed by atoms with Crippen LogP contribution in [0.1, 0.15) is 18.4 Å². The average Bonchev–Trinajstić information content (AvgIpc) is 3.16. The Balaban J connectivity index is 1.64. The first-order valence-electron chi connectivity index (χ1n) is 7.55. The molecule has 2 aromatic heterocycles. The van der Waals surface area contributed by atoms with Crippen LogP contribution >= 0.6 is 11.3 Å². The molecular formula is C18H18N2S. The molecule has 4 rings (SSSR count). The van der Waals surface area contributed by atoms with Crippen LogP contribution in [-0.2, 0) is 6.54 Å². The summed E-state index contributed by atoms with van der Waals surface area (Å²) < 4.78 is 1.26. The van der Waals surface area contributed by atoms with Crippen molar-refractivity contribution in [2.24, 2.45) is 0 Å². The fourth-order valence-corrected chi connectivity index (χ4v) is 4.05. The standard InChI is InChI=1S/C18H18N2S/c1-2-10-20(9-1)13-14-5-3-6-15(11-14)18-12-16-17(21-18)7-4-8-19-16/h3-8,11-12H,1-2,9-10,13H2. The number of pyridine rings is 1. The van der Waals surface area contributed by atoms with E-state index in [0.717, 1.165) is 12.1 Å². The van der Waals surface area contributed by atoms with Crippen molar-refractivity contribution in [1.29, 1.82) is 0 Å². The molecule has 1 aromatic carbocycles. The van der Waals surface area contributed by atoms with E-state index in [1.807, 2.05) is 23.6 Å². The lowest BCUT2D eigenvalue weighted by atomic mass is 10.1. The summed E-state index contributed by atoms with van der Waals surface area (Å²) in [6, 6.07) is 15.3. The van der Waals surface area contributed by atoms with E-state index >= 15 is 0 Å². The summed E-state index contributed by atoms with van der Waals surface area (Å²) >= 11 is 1.83. The van der Waals surface area contributed by atoms with Gasteiger partial charge < -0.3 is 0 Å². The van der Waals surface area contributed by atoms with Crippen LogP contribution < -0.4 is 0 Å². The fraction of sp³-hybridized carbons (Fsp3) is 0.278. The molecule has 0 unspecified atom stereocenters. The van der Waals surface area contributed by atoms with E-state index in [-0.39, 0.29) is 0 Å². The molecule has 0 radical (unpaired) electrons. The lowest BCUT2D eigenvalue weighted by Gasteiger charge is -2.14. The smallest absolute Gasteiger partial charge is 0.0816 e. The van der Waals surface area contributed by atoms with E-state index in [2.05, 4.69) is 46.3 Å². The molecular weight excluding hydrogens is 276 g/mol. The van der Waals surface area contributed by atoms with Crippen LogP contribution in [0.2, 0.25) is 0 Å². The minimum Gasteiger partial charge on any atom is -0.299 e. The molecule has 1 aliphatic heterocycles. The number of thiophene rings is 1. The van der Waals surface area contributed by atoms with Gasteiger partial charge in [0, 0.05) is 17.6 Å². The van der Waals surface area contributed by atoms with Gasteiger partial charge in [0.25, 0.3) is 0 Å². The highest BCUT2D eigenvalue weighted by Crippen LogP contribution is 2.32. The van der Waals surface area contributed by atoms with E-state index in [0.29, 0.717) is 0 Å². The highest BCUT2D eigenvalue weighted by molar-refractivity contribution is 7.22. The molecule has 2 nitrogen and oxygen atoms in total. The van der Waals surface area contributed by atoms with Crippen molar-refractivity contribution in [2.75, 3.05) is 13.1 Å². The maximum absolute atomic E-state index is 4.44. The second-order valence-corrected chi connectivity index (χ2v) is 6.76. The van der Waals surface area contributed by atoms with Crippen molar-refractivity contribution in [3.63, 3.8) is 0 Å². The first kappa shape index (κ1) is 13.0. The molecule has 3 heterocycles. The van der Waals surface area contributed by atoms with Crippen molar-refractivity contribution < 1.29 is 0 Å². The predicted molar refractivity (Wildman–Crippen MR) is 89.6 cm³/mol. The van der Waals surface area contributed by atoms with Crippen LogP contribution in [0.4, 0.5) is 0 Å². The summed E-state index contributed by atoms with van der Waals surface area (Å²) in [6.45, 7) is 3.57. The number of hydrogen-bond donors (Lipinski definition) is 0. The Morgan fingerprint density at radius 3 is 2.81 bits per heavy atom. The molecule has 106 valence electrons. The topological polar surface area (TPSA) is 16.1 Å². The van der Waals surface area contributed by atoms with Gasteiger partial charge in [-0.15, -0.1) is 11.3 Å². The number of hydrogen-bond acceptors (Lipinski definition) is 3. The quantitative estimate of drug-likeness (QED) is 0.704. The third-order valence-electron chi connectivity index (χ3n) is 4.10. The largest absolute Gasteiger partial charge is 0.299 e. The van der Waals surface area contributed by atoms with E-state index < -0.39 is 0 Å². The molecule has 0 atom stereocenters. The summed E-state index contributed by atoms with van der Waals surface area (Å²) in [5.74, 6) is 0. The maximum Gasteiger partial charge on any atom is 0.0816 e. The molecule has 0 amide bonds. The maximum atomic E-state index is 4.44. The number of benzene rings is 1. The summed E-state index contributed by atoms with van der Waals surface area (Å²) in [7, 11) is 0. The summed E-state index contributed by atoms with van der Waals surface area (Å²) in [5, 5.41) is 0. The number of likely N-dealkylation sites (tertiary alicyclic amines) is 1. The van der Waals surface area contributed by atoms with Gasteiger partial charge in [-0.05, 0) is 61.3 Å². The van der Waals surface area contributed by atoms with Gasteiger partial charge in [-0.1, -0.05) is 18.2 Å². The van der Waals surface area contributed by atoms with Crippen molar-refractivity contribution in [3.8, 4) is 10.4 Å². The lowest BCUT2D eigenvalue weighted by molar-refractivity contribution is 0.331. The SMILES string of the molecule is c1cc(CN2CCCC2)cc(-c2cc3ncccc3s2)c1. The first-order chi connectivity index (χ1) is 10.4. The molecule has 1 aliphatic rings. The fourth-order valence-electron chi connectivity index (χ4n) is 3.03. The van der Waals surface area contributed by atoms with Gasteiger partial charge >= 0.3 is 0 Å². The molecule has 1 fully saturated rings. The molecule has 3 aromatic rings. The van der Waals surface area contributed by atoms with E-state index in [1.54, 1.807) is 0 Å². The zero-order chi connectivity index (χ0) is 14.1. The Morgan fingerprint density at radius 2 is 1.95 bits per heavy atom. The Bertz CT molecular complexity index is 724. The Labute approximate surface area is 129 Å². The van der Waals surface area contributed by atoms with Crippen molar-refractivity contribution in [3.05, 3.63) is 54.2 Å². The van der Waals surface area contributed by atoms with E-state index in [4.69, 9.17) is 0 Å². The Morgan fingerprint density at radius 1 is 1.05 bits per heavy atom. The Kier molecular flexibility index (Phi) is 3.45. The van der Waals surface area contributed by atoms with Gasteiger partial charge in [0.15, 0.2) is 0 Å². The van der Waals surface area contributed by atoms with Gasteiger partial charge in [0.05, 0.1) is 10.2 Å². The first-order valence-corrected chi connectivity index (χ1v) is 8.36. The normalized spacial score (nSPS) is 15.8. The van der Waals surface area contributed by atoms with Crippen molar-refractivity contribution in [2.45, 2.75) is 19.4 Å². The molecule has 0 N–H and O–H groups in total. The van der Waals surface area contributed by atoms with Crippen LogP contribution in [-0.4, -0.2) is 23.0 Å². The second-order valence-electron chi connectivity index (χ2n) is 5.68. The summed E-state index contributed by atoms with van der Waals surface area (Å²) in [4.78, 5) is 8.29. The zero-order valence-corrected chi connectivity index (χ0v) is 12.8. The van der Waals surface area contributed by atoms with Crippen molar-refractivity contribution in [1.82, 2.24) is 9.88 Å². The lowest BCUT2D eigenvalue weighted by Crippen LogP contribution is -2.18. The minimum atomic E-state index is 1.08. The van der Waals surface area contributed by atoms with Crippen LogP contribution in [0.5, 0.6) is 0 Å². The Hall–Kier alpha value is -1.71. The number of fused-ring (bicyclic) bond motifs is 1. The molecule has 1 saturated heterocycles. The molecule has 0 bridgehead atoms. The van der Waals surface area contributed by atoms with Crippen molar-refractivity contribution >= 4 is 21.6 Å². The average molecular weight is 294 g/mol. The third-order valence-corrected chi connectivity index (χ3v) is 5.24. The van der Waals surface area contributed by atoms with Crippen LogP contribution in [0.15, 0.2) is 48.7 Å². The number of rotatable bonds is 3. The van der Waals surface area contributed by atoms with Gasteiger partial charge in [-0.3, -0.25) is 9.88 Å². The highest BCUT2D eigenvalue weighted by atomic mass is 32.1. The van der Waals surface area contributed by atoms with Crippen LogP contribution in [0.3, 0.4) is 0 Å².